The van der Waals surface area contributed by atoms with Crippen LogP contribution in [0.3, 0.4) is 0 Å². The molecule has 0 spiro atoms. The fraction of sp³-hybridized carbons (Fsp3) is 0.138. The van der Waals surface area contributed by atoms with Crippen molar-refractivity contribution in [2.45, 2.75) is 11.8 Å². The first-order valence-electron chi connectivity index (χ1n) is 12.3. The van der Waals surface area contributed by atoms with E-state index in [0.29, 0.717) is 22.3 Å². The maximum absolute atomic E-state index is 13.7. The molecule has 3 aromatic heterocycles. The fourth-order valence-corrected chi connectivity index (χ4v) is 6.97. The van der Waals surface area contributed by atoms with Crippen molar-refractivity contribution in [3.8, 4) is 16.9 Å². The summed E-state index contributed by atoms with van der Waals surface area (Å²) in [5, 5.41) is 10.3. The molecule has 0 aliphatic carbocycles. The van der Waals surface area contributed by atoms with Gasteiger partial charge in [-0.1, -0.05) is 60.1 Å². The number of rotatable bonds is 7. The zero-order valence-electron chi connectivity index (χ0n) is 20.6. The maximum Gasteiger partial charge on any atom is 0.240 e. The topological polar surface area (TPSA) is 80.4 Å². The molecule has 10 heteroatoms. The van der Waals surface area contributed by atoms with Crippen molar-refractivity contribution >= 4 is 52.3 Å². The van der Waals surface area contributed by atoms with Crippen LogP contribution in [0.15, 0.2) is 94.9 Å². The number of carbonyl (C=O) groups excluding carboxylic acids is 2. The Kier molecular flexibility index (Phi) is 7.28. The first kappa shape index (κ1) is 25.5. The second kappa shape index (κ2) is 11.1. The number of benzene rings is 2. The lowest BCUT2D eigenvalue weighted by Gasteiger charge is -2.23. The van der Waals surface area contributed by atoms with Crippen molar-refractivity contribution in [3.05, 3.63) is 112 Å². The normalized spacial score (nSPS) is 15.2. The molecule has 196 valence electrons. The number of anilines is 1. The summed E-state index contributed by atoms with van der Waals surface area (Å²) >= 11 is 9.85. The lowest BCUT2D eigenvalue weighted by atomic mass is 10.0. The summed E-state index contributed by atoms with van der Waals surface area (Å²) in [7, 11) is 0. The van der Waals surface area contributed by atoms with E-state index in [-0.39, 0.29) is 35.9 Å². The first-order chi connectivity index (χ1) is 19.1. The molecule has 39 heavy (non-hydrogen) atoms. The number of fused-ring (bicyclic) bond motifs is 1. The number of para-hydroxylation sites is 1. The number of thioether (sulfide) groups is 1. The monoisotopic (exact) mass is 574 g/mol. The van der Waals surface area contributed by atoms with Gasteiger partial charge in [0.2, 0.25) is 11.8 Å². The quantitative estimate of drug-likeness (QED) is 0.246. The predicted molar refractivity (Wildman–Crippen MR) is 156 cm³/mol. The predicted octanol–water partition coefficient (Wildman–Crippen LogP) is 6.33. The molecule has 5 aromatic rings. The number of nitrogens with one attached hydrogen (secondary N) is 1. The van der Waals surface area contributed by atoms with E-state index >= 15 is 0 Å². The van der Waals surface area contributed by atoms with E-state index < -0.39 is 0 Å². The van der Waals surface area contributed by atoms with Gasteiger partial charge in [0.1, 0.15) is 18.1 Å². The Labute approximate surface area is 238 Å². The Hall–Kier alpha value is -3.79. The number of nitrogens with zero attached hydrogens (tertiary/aromatic N) is 3. The second-order valence-electron chi connectivity index (χ2n) is 8.86. The van der Waals surface area contributed by atoms with Crippen LogP contribution in [0.4, 0.5) is 5.82 Å². The number of amides is 2. The van der Waals surface area contributed by atoms with Gasteiger partial charge in [-0.2, -0.15) is 5.10 Å². The third kappa shape index (κ3) is 5.13. The molecule has 7 nitrogen and oxygen atoms in total. The van der Waals surface area contributed by atoms with Crippen LogP contribution in [-0.2, 0) is 16.1 Å². The number of aromatic nitrogens is 2. The zero-order valence-corrected chi connectivity index (χ0v) is 23.0. The van der Waals surface area contributed by atoms with Gasteiger partial charge in [-0.3, -0.25) is 14.5 Å². The summed E-state index contributed by atoms with van der Waals surface area (Å²) in [6.07, 6.45) is 1.56. The van der Waals surface area contributed by atoms with Crippen molar-refractivity contribution in [2.24, 2.45) is 0 Å². The van der Waals surface area contributed by atoms with Crippen LogP contribution in [0.5, 0.6) is 0 Å². The largest absolute Gasteiger partial charge is 0.467 e. The minimum absolute atomic E-state index is 0.161. The number of halogens is 1. The summed E-state index contributed by atoms with van der Waals surface area (Å²) < 4.78 is 7.06. The van der Waals surface area contributed by atoms with E-state index in [1.807, 2.05) is 60.0 Å². The Morgan fingerprint density at radius 1 is 1.05 bits per heavy atom. The molecule has 1 unspecified atom stereocenters. The van der Waals surface area contributed by atoms with Gasteiger partial charge in [0.05, 0.1) is 40.2 Å². The summed E-state index contributed by atoms with van der Waals surface area (Å²) in [4.78, 5) is 29.5. The minimum atomic E-state index is -0.307. The third-order valence-electron chi connectivity index (χ3n) is 6.36. The summed E-state index contributed by atoms with van der Waals surface area (Å²) in [5.41, 5.74) is 3.16. The highest BCUT2D eigenvalue weighted by molar-refractivity contribution is 8.00. The van der Waals surface area contributed by atoms with E-state index in [2.05, 4.69) is 11.4 Å². The molecule has 1 aliphatic rings. The molecule has 1 atom stereocenters. The van der Waals surface area contributed by atoms with Gasteiger partial charge in [0, 0.05) is 16.0 Å². The molecule has 0 fully saturated rings. The SMILES string of the molecule is O=C(CN1C(=O)CSC(c2cccs2)c2c(-c3ccccc3)nn(-c3ccccc3Cl)c21)NCc1ccco1. The third-order valence-corrected chi connectivity index (χ3v) is 9.00. The molecule has 0 saturated carbocycles. The van der Waals surface area contributed by atoms with Gasteiger partial charge < -0.3 is 9.73 Å². The molecule has 4 heterocycles. The van der Waals surface area contributed by atoms with Crippen molar-refractivity contribution in [1.82, 2.24) is 15.1 Å². The first-order valence-corrected chi connectivity index (χ1v) is 14.6. The highest BCUT2D eigenvalue weighted by Crippen LogP contribution is 2.49. The van der Waals surface area contributed by atoms with Crippen molar-refractivity contribution in [2.75, 3.05) is 17.2 Å². The Morgan fingerprint density at radius 2 is 1.87 bits per heavy atom. The van der Waals surface area contributed by atoms with E-state index in [0.717, 1.165) is 21.7 Å². The van der Waals surface area contributed by atoms with Crippen molar-refractivity contribution in [1.29, 1.82) is 0 Å². The lowest BCUT2D eigenvalue weighted by molar-refractivity contribution is -0.123. The number of carbonyl (C=O) groups is 2. The molecular formula is C29H23ClN4O3S2. The van der Waals surface area contributed by atoms with Crippen LogP contribution >= 0.6 is 34.7 Å². The molecule has 0 saturated heterocycles. The summed E-state index contributed by atoms with van der Waals surface area (Å²) in [6, 6.07) is 24.9. The zero-order chi connectivity index (χ0) is 26.8. The standard InChI is InChI=1S/C29H23ClN4O3S2/c30-21-11-4-5-12-22(21)34-29-26(27(32-34)19-8-2-1-3-9-19)28(23-13-7-15-38-23)39-18-25(36)33(29)17-24(35)31-16-20-10-6-14-37-20/h1-15,28H,16-18H2,(H,31,35). The average molecular weight is 575 g/mol. The molecule has 2 amide bonds. The van der Waals surface area contributed by atoms with Crippen LogP contribution < -0.4 is 10.2 Å². The Morgan fingerprint density at radius 3 is 2.62 bits per heavy atom. The van der Waals surface area contributed by atoms with Crippen LogP contribution in [0.25, 0.3) is 16.9 Å². The van der Waals surface area contributed by atoms with Crippen molar-refractivity contribution < 1.29 is 14.0 Å². The smallest absolute Gasteiger partial charge is 0.240 e. The minimum Gasteiger partial charge on any atom is -0.467 e. The molecule has 2 aromatic carbocycles. The second-order valence-corrected chi connectivity index (χ2v) is 11.3. The van der Waals surface area contributed by atoms with Gasteiger partial charge in [0.15, 0.2) is 0 Å². The molecule has 6 rings (SSSR count). The van der Waals surface area contributed by atoms with E-state index in [1.54, 1.807) is 52.2 Å². The maximum atomic E-state index is 13.7. The molecule has 0 bridgehead atoms. The van der Waals surface area contributed by atoms with E-state index in [1.165, 1.54) is 4.90 Å². The Bertz CT molecular complexity index is 1600. The summed E-state index contributed by atoms with van der Waals surface area (Å²) in [6.45, 7) is 0.0565. The van der Waals surface area contributed by atoms with E-state index in [9.17, 15) is 9.59 Å². The number of hydrogen-bond donors (Lipinski definition) is 1. The van der Waals surface area contributed by atoms with Crippen LogP contribution in [-0.4, -0.2) is 33.9 Å². The number of furan rings is 1. The lowest BCUT2D eigenvalue weighted by Crippen LogP contribution is -2.42. The molecular weight excluding hydrogens is 552 g/mol. The highest BCUT2D eigenvalue weighted by Gasteiger charge is 2.38. The van der Waals surface area contributed by atoms with Crippen LogP contribution in [0.1, 0.15) is 21.5 Å². The molecule has 0 radical (unpaired) electrons. The molecule has 1 N–H and O–H groups in total. The number of thiophene rings is 1. The molecule has 1 aliphatic heterocycles. The number of hydrogen-bond acceptors (Lipinski definition) is 6. The van der Waals surface area contributed by atoms with Crippen LogP contribution in [0.2, 0.25) is 5.02 Å². The highest BCUT2D eigenvalue weighted by atomic mass is 35.5. The Balaban J connectivity index is 1.53. The van der Waals surface area contributed by atoms with Crippen LogP contribution in [0, 0.1) is 0 Å². The summed E-state index contributed by atoms with van der Waals surface area (Å²) in [5.74, 6) is 0.898. The van der Waals surface area contributed by atoms with Crippen molar-refractivity contribution in [3.63, 3.8) is 0 Å². The van der Waals surface area contributed by atoms with Gasteiger partial charge in [-0.05, 0) is 35.7 Å². The van der Waals surface area contributed by atoms with Gasteiger partial charge in [0.25, 0.3) is 0 Å². The average Bonchev–Trinajstić information content (AvgIpc) is 3.73. The van der Waals surface area contributed by atoms with Gasteiger partial charge >= 0.3 is 0 Å². The van der Waals surface area contributed by atoms with Gasteiger partial charge in [-0.25, -0.2) is 4.68 Å². The van der Waals surface area contributed by atoms with Gasteiger partial charge in [-0.15, -0.1) is 23.1 Å². The fourth-order valence-electron chi connectivity index (χ4n) is 4.58. The van der Waals surface area contributed by atoms with E-state index in [4.69, 9.17) is 21.1 Å².